The Bertz CT molecular complexity index is 704. The number of rotatable bonds is 3. The molecule has 0 saturated carbocycles. The summed E-state index contributed by atoms with van der Waals surface area (Å²) in [6, 6.07) is 16.0. The molecule has 0 amide bonds. The van der Waals surface area contributed by atoms with Gasteiger partial charge in [0, 0.05) is 11.6 Å². The number of imidazole rings is 1. The molecule has 0 saturated heterocycles. The van der Waals surface area contributed by atoms with Gasteiger partial charge in [-0.1, -0.05) is 41.9 Å². The predicted octanol–water partition coefficient (Wildman–Crippen LogP) is 3.20. The van der Waals surface area contributed by atoms with Gasteiger partial charge in [0.1, 0.15) is 5.82 Å². The van der Waals surface area contributed by atoms with E-state index in [0.29, 0.717) is 11.6 Å². The fourth-order valence-electron chi connectivity index (χ4n) is 2.25. The van der Waals surface area contributed by atoms with Crippen LogP contribution in [0.3, 0.4) is 0 Å². The van der Waals surface area contributed by atoms with Gasteiger partial charge in [0.15, 0.2) is 0 Å². The maximum Gasteiger partial charge on any atom is 0.123 e. The SMILES string of the molecule is NCc1nc2cc(Cl)ccc2n1Cc1ccccc1. The monoisotopic (exact) mass is 271 g/mol. The van der Waals surface area contributed by atoms with Crippen LogP contribution >= 0.6 is 11.6 Å². The Morgan fingerprint density at radius 1 is 1.11 bits per heavy atom. The summed E-state index contributed by atoms with van der Waals surface area (Å²) in [5.41, 5.74) is 8.97. The van der Waals surface area contributed by atoms with Crippen molar-refractivity contribution in [2.75, 3.05) is 0 Å². The van der Waals surface area contributed by atoms with Gasteiger partial charge < -0.3 is 10.3 Å². The largest absolute Gasteiger partial charge is 0.324 e. The van der Waals surface area contributed by atoms with Gasteiger partial charge in [-0.15, -0.1) is 0 Å². The lowest BCUT2D eigenvalue weighted by Gasteiger charge is -2.08. The number of nitrogens with zero attached hydrogens (tertiary/aromatic N) is 2. The number of fused-ring (bicyclic) bond motifs is 1. The topological polar surface area (TPSA) is 43.8 Å². The van der Waals surface area contributed by atoms with Crippen molar-refractivity contribution >= 4 is 22.6 Å². The Labute approximate surface area is 116 Å². The molecule has 96 valence electrons. The minimum atomic E-state index is 0.416. The van der Waals surface area contributed by atoms with Crippen molar-refractivity contribution in [1.82, 2.24) is 9.55 Å². The van der Waals surface area contributed by atoms with Crippen molar-refractivity contribution in [3.63, 3.8) is 0 Å². The molecule has 0 aliphatic carbocycles. The van der Waals surface area contributed by atoms with Crippen LogP contribution in [0.1, 0.15) is 11.4 Å². The molecule has 1 heterocycles. The first-order valence-electron chi connectivity index (χ1n) is 6.16. The van der Waals surface area contributed by atoms with Gasteiger partial charge >= 0.3 is 0 Å². The minimum Gasteiger partial charge on any atom is -0.324 e. The highest BCUT2D eigenvalue weighted by molar-refractivity contribution is 6.31. The molecule has 0 radical (unpaired) electrons. The van der Waals surface area contributed by atoms with Crippen LogP contribution in [0.5, 0.6) is 0 Å². The van der Waals surface area contributed by atoms with Gasteiger partial charge in [0.2, 0.25) is 0 Å². The third-order valence-electron chi connectivity index (χ3n) is 3.16. The normalized spacial score (nSPS) is 11.1. The molecule has 3 rings (SSSR count). The predicted molar refractivity (Wildman–Crippen MR) is 78.2 cm³/mol. The van der Waals surface area contributed by atoms with Gasteiger partial charge in [-0.05, 0) is 23.8 Å². The molecular formula is C15H14ClN3. The molecular weight excluding hydrogens is 258 g/mol. The fourth-order valence-corrected chi connectivity index (χ4v) is 2.42. The van der Waals surface area contributed by atoms with Gasteiger partial charge in [0.25, 0.3) is 0 Å². The zero-order valence-corrected chi connectivity index (χ0v) is 11.1. The second kappa shape index (κ2) is 5.03. The molecule has 0 bridgehead atoms. The van der Waals surface area contributed by atoms with Gasteiger partial charge in [0.05, 0.1) is 17.6 Å². The minimum absolute atomic E-state index is 0.416. The summed E-state index contributed by atoms with van der Waals surface area (Å²) in [5, 5.41) is 0.695. The summed E-state index contributed by atoms with van der Waals surface area (Å²) in [6.45, 7) is 1.19. The maximum absolute atomic E-state index is 6.00. The number of hydrogen-bond donors (Lipinski definition) is 1. The summed E-state index contributed by atoms with van der Waals surface area (Å²) in [4.78, 5) is 4.54. The molecule has 2 N–H and O–H groups in total. The number of halogens is 1. The van der Waals surface area contributed by atoms with Crippen LogP contribution in [0.15, 0.2) is 48.5 Å². The average molecular weight is 272 g/mol. The van der Waals surface area contributed by atoms with Crippen LogP contribution < -0.4 is 5.73 Å². The second-order valence-corrected chi connectivity index (χ2v) is 4.87. The van der Waals surface area contributed by atoms with Crippen molar-refractivity contribution in [1.29, 1.82) is 0 Å². The molecule has 0 fully saturated rings. The smallest absolute Gasteiger partial charge is 0.123 e. The molecule has 3 aromatic rings. The maximum atomic E-state index is 6.00. The highest BCUT2D eigenvalue weighted by atomic mass is 35.5. The molecule has 0 atom stereocenters. The lowest BCUT2D eigenvalue weighted by Crippen LogP contribution is -2.09. The van der Waals surface area contributed by atoms with E-state index in [2.05, 4.69) is 21.7 Å². The van der Waals surface area contributed by atoms with Crippen LogP contribution in [0.4, 0.5) is 0 Å². The molecule has 0 unspecified atom stereocenters. The van der Waals surface area contributed by atoms with Crippen LogP contribution in [0.25, 0.3) is 11.0 Å². The van der Waals surface area contributed by atoms with E-state index in [1.165, 1.54) is 5.56 Å². The molecule has 2 aromatic carbocycles. The van der Waals surface area contributed by atoms with Crippen LogP contribution in [-0.4, -0.2) is 9.55 Å². The Balaban J connectivity index is 2.11. The van der Waals surface area contributed by atoms with Gasteiger partial charge in [-0.25, -0.2) is 4.98 Å². The summed E-state index contributed by atoms with van der Waals surface area (Å²) in [5.74, 6) is 0.876. The Morgan fingerprint density at radius 3 is 2.63 bits per heavy atom. The Hall–Kier alpha value is -1.84. The van der Waals surface area contributed by atoms with Gasteiger partial charge in [-0.2, -0.15) is 0 Å². The van der Waals surface area contributed by atoms with Crippen molar-refractivity contribution in [3.05, 3.63) is 64.9 Å². The highest BCUT2D eigenvalue weighted by Crippen LogP contribution is 2.21. The summed E-state index contributed by atoms with van der Waals surface area (Å²) >= 11 is 6.00. The standard InChI is InChI=1S/C15H14ClN3/c16-12-6-7-14-13(8-12)18-15(9-17)19(14)10-11-4-2-1-3-5-11/h1-8H,9-10,17H2. The van der Waals surface area contributed by atoms with E-state index in [-0.39, 0.29) is 0 Å². The second-order valence-electron chi connectivity index (χ2n) is 4.44. The van der Waals surface area contributed by atoms with E-state index in [9.17, 15) is 0 Å². The van der Waals surface area contributed by atoms with Crippen molar-refractivity contribution in [2.45, 2.75) is 13.1 Å². The fraction of sp³-hybridized carbons (Fsp3) is 0.133. The van der Waals surface area contributed by atoms with E-state index in [1.807, 2.05) is 36.4 Å². The average Bonchev–Trinajstić information content (AvgIpc) is 2.77. The van der Waals surface area contributed by atoms with Crippen LogP contribution in [0.2, 0.25) is 5.02 Å². The Kier molecular flexibility index (Phi) is 3.23. The van der Waals surface area contributed by atoms with Crippen LogP contribution in [-0.2, 0) is 13.1 Å². The molecule has 1 aromatic heterocycles. The van der Waals surface area contributed by atoms with E-state index >= 15 is 0 Å². The Morgan fingerprint density at radius 2 is 1.89 bits per heavy atom. The summed E-state index contributed by atoms with van der Waals surface area (Å²) < 4.78 is 2.14. The highest BCUT2D eigenvalue weighted by Gasteiger charge is 2.10. The number of aromatic nitrogens is 2. The zero-order chi connectivity index (χ0) is 13.2. The van der Waals surface area contributed by atoms with Crippen molar-refractivity contribution < 1.29 is 0 Å². The van der Waals surface area contributed by atoms with Crippen molar-refractivity contribution in [2.24, 2.45) is 5.73 Å². The lowest BCUT2D eigenvalue weighted by molar-refractivity contribution is 0.744. The first-order valence-corrected chi connectivity index (χ1v) is 6.54. The van der Waals surface area contributed by atoms with E-state index < -0.39 is 0 Å². The van der Waals surface area contributed by atoms with Gasteiger partial charge in [-0.3, -0.25) is 0 Å². The van der Waals surface area contributed by atoms with Crippen molar-refractivity contribution in [3.8, 4) is 0 Å². The number of hydrogen-bond acceptors (Lipinski definition) is 2. The van der Waals surface area contributed by atoms with E-state index in [0.717, 1.165) is 23.4 Å². The molecule has 3 nitrogen and oxygen atoms in total. The third-order valence-corrected chi connectivity index (χ3v) is 3.39. The molecule has 0 aliphatic heterocycles. The molecule has 0 aliphatic rings. The first-order chi connectivity index (χ1) is 9.28. The lowest BCUT2D eigenvalue weighted by atomic mass is 10.2. The molecule has 0 spiro atoms. The third kappa shape index (κ3) is 2.35. The summed E-state index contributed by atoms with van der Waals surface area (Å²) in [7, 11) is 0. The molecule has 19 heavy (non-hydrogen) atoms. The quantitative estimate of drug-likeness (QED) is 0.795. The van der Waals surface area contributed by atoms with E-state index in [1.54, 1.807) is 0 Å². The first kappa shape index (κ1) is 12.2. The number of benzene rings is 2. The zero-order valence-electron chi connectivity index (χ0n) is 10.4. The number of nitrogens with two attached hydrogens (primary N) is 1. The molecule has 4 heteroatoms. The van der Waals surface area contributed by atoms with Crippen LogP contribution in [0, 0.1) is 0 Å². The summed E-state index contributed by atoms with van der Waals surface area (Å²) in [6.07, 6.45) is 0. The van der Waals surface area contributed by atoms with E-state index in [4.69, 9.17) is 17.3 Å².